The predicted molar refractivity (Wildman–Crippen MR) is 42.8 cm³/mol. The zero-order valence-electron chi connectivity index (χ0n) is 6.33. The number of pyridine rings is 1. The molecule has 0 saturated carbocycles. The predicted octanol–water partition coefficient (Wildman–Crippen LogP) is -2.60. The molecule has 0 atom stereocenters. The fourth-order valence-electron chi connectivity index (χ4n) is 0.771. The molecule has 1 aromatic rings. The largest absolute Gasteiger partial charge is 1.00 e. The fourth-order valence-corrected chi connectivity index (χ4v) is 0.771. The molecule has 2 N–H and O–H groups in total. The third-order valence-corrected chi connectivity index (χ3v) is 1.24. The standard InChI is InChI=1S/C7H11N2.2ClH/c1-9-4-2-3-7(5-8)6-9;;/h2-4,6H,5,8H2,1H3;2*1H/q+1;;/p-1. The third kappa shape index (κ3) is 4.19. The molecule has 0 aliphatic carbocycles. The first-order chi connectivity index (χ1) is 4.33. The molecule has 0 aliphatic heterocycles. The van der Waals surface area contributed by atoms with Crippen LogP contribution in [-0.2, 0) is 13.6 Å². The van der Waals surface area contributed by atoms with Gasteiger partial charge in [-0.25, -0.2) is 4.57 Å². The summed E-state index contributed by atoms with van der Waals surface area (Å²) in [6.07, 6.45) is 4.00. The number of rotatable bonds is 1. The Morgan fingerprint density at radius 1 is 1.55 bits per heavy atom. The van der Waals surface area contributed by atoms with E-state index >= 15 is 0 Å². The summed E-state index contributed by atoms with van der Waals surface area (Å²) in [6.45, 7) is 0.620. The SMILES string of the molecule is C[n+]1cccc(CN)c1.Cl.[Cl-]. The second-order valence-corrected chi connectivity index (χ2v) is 2.08. The lowest BCUT2D eigenvalue weighted by Gasteiger charge is -1.90. The van der Waals surface area contributed by atoms with Crippen molar-refractivity contribution in [2.45, 2.75) is 6.54 Å². The Kier molecular flexibility index (Phi) is 7.74. The van der Waals surface area contributed by atoms with E-state index in [9.17, 15) is 0 Å². The lowest BCUT2D eigenvalue weighted by Crippen LogP contribution is -3.00. The second kappa shape index (κ2) is 6.40. The summed E-state index contributed by atoms with van der Waals surface area (Å²) in [6, 6.07) is 4.00. The average molecular weight is 195 g/mol. The smallest absolute Gasteiger partial charge is 0.173 e. The Labute approximate surface area is 79.2 Å². The summed E-state index contributed by atoms with van der Waals surface area (Å²) in [5, 5.41) is 0. The third-order valence-electron chi connectivity index (χ3n) is 1.24. The van der Waals surface area contributed by atoms with Crippen LogP contribution < -0.4 is 22.7 Å². The van der Waals surface area contributed by atoms with Gasteiger partial charge in [-0.05, 0) is 6.07 Å². The van der Waals surface area contributed by atoms with Gasteiger partial charge in [-0.2, -0.15) is 0 Å². The molecule has 1 rings (SSSR count). The van der Waals surface area contributed by atoms with E-state index in [1.54, 1.807) is 0 Å². The Morgan fingerprint density at radius 2 is 2.18 bits per heavy atom. The molecule has 0 saturated heterocycles. The maximum Gasteiger partial charge on any atom is 0.173 e. The Bertz CT molecular complexity index is 203. The molecule has 0 amide bonds. The zero-order valence-corrected chi connectivity index (χ0v) is 7.90. The van der Waals surface area contributed by atoms with Crippen LogP contribution in [0.2, 0.25) is 0 Å². The van der Waals surface area contributed by atoms with Crippen molar-refractivity contribution in [3.8, 4) is 0 Å². The molecule has 0 bridgehead atoms. The van der Waals surface area contributed by atoms with E-state index in [1.165, 1.54) is 5.56 Å². The van der Waals surface area contributed by atoms with Crippen molar-refractivity contribution >= 4 is 12.4 Å². The molecule has 4 heteroatoms. The van der Waals surface area contributed by atoms with Gasteiger partial charge in [0.2, 0.25) is 0 Å². The zero-order chi connectivity index (χ0) is 6.69. The summed E-state index contributed by atoms with van der Waals surface area (Å²) >= 11 is 0. The minimum absolute atomic E-state index is 0. The summed E-state index contributed by atoms with van der Waals surface area (Å²) in [4.78, 5) is 0. The molecule has 11 heavy (non-hydrogen) atoms. The molecule has 0 radical (unpaired) electrons. The summed E-state index contributed by atoms with van der Waals surface area (Å²) in [5.74, 6) is 0. The van der Waals surface area contributed by atoms with Crippen LogP contribution in [0.3, 0.4) is 0 Å². The molecule has 0 aliphatic rings. The van der Waals surface area contributed by atoms with Gasteiger partial charge in [0, 0.05) is 18.2 Å². The monoisotopic (exact) mass is 194 g/mol. The van der Waals surface area contributed by atoms with Gasteiger partial charge in [0.1, 0.15) is 7.05 Å². The fraction of sp³-hybridized carbons (Fsp3) is 0.286. The molecule has 1 heterocycles. The molecule has 1 aromatic heterocycles. The van der Waals surface area contributed by atoms with E-state index in [4.69, 9.17) is 5.73 Å². The maximum atomic E-state index is 5.41. The lowest BCUT2D eigenvalue weighted by atomic mass is 10.3. The highest BCUT2D eigenvalue weighted by Gasteiger charge is 1.92. The normalized spacial score (nSPS) is 7.82. The number of halogens is 2. The molecule has 0 aromatic carbocycles. The first-order valence-electron chi connectivity index (χ1n) is 2.97. The van der Waals surface area contributed by atoms with E-state index in [0.717, 1.165) is 0 Å². The van der Waals surface area contributed by atoms with E-state index in [0.29, 0.717) is 6.54 Å². The topological polar surface area (TPSA) is 29.9 Å². The summed E-state index contributed by atoms with van der Waals surface area (Å²) in [7, 11) is 1.99. The summed E-state index contributed by atoms with van der Waals surface area (Å²) < 4.78 is 1.99. The van der Waals surface area contributed by atoms with Crippen LogP contribution in [0.25, 0.3) is 0 Å². The van der Waals surface area contributed by atoms with Gasteiger partial charge < -0.3 is 18.1 Å². The minimum atomic E-state index is 0. The first-order valence-corrected chi connectivity index (χ1v) is 2.97. The second-order valence-electron chi connectivity index (χ2n) is 2.08. The van der Waals surface area contributed by atoms with Gasteiger partial charge in [-0.15, -0.1) is 12.4 Å². The van der Waals surface area contributed by atoms with E-state index < -0.39 is 0 Å². The maximum absolute atomic E-state index is 5.41. The molecule has 0 unspecified atom stereocenters. The van der Waals surface area contributed by atoms with E-state index in [-0.39, 0.29) is 24.8 Å². The Hall–Kier alpha value is -0.310. The van der Waals surface area contributed by atoms with Crippen LogP contribution in [-0.4, -0.2) is 0 Å². The Balaban J connectivity index is 0. The lowest BCUT2D eigenvalue weighted by molar-refractivity contribution is -0.671. The van der Waals surface area contributed by atoms with Crippen molar-refractivity contribution in [3.63, 3.8) is 0 Å². The van der Waals surface area contributed by atoms with Crippen molar-refractivity contribution in [1.29, 1.82) is 0 Å². The van der Waals surface area contributed by atoms with Crippen molar-refractivity contribution in [2.75, 3.05) is 0 Å². The molecule has 0 fully saturated rings. The van der Waals surface area contributed by atoms with Gasteiger partial charge in [0.25, 0.3) is 0 Å². The van der Waals surface area contributed by atoms with Gasteiger partial charge in [0.05, 0.1) is 0 Å². The number of nitrogens with two attached hydrogens (primary N) is 1. The van der Waals surface area contributed by atoms with Crippen molar-refractivity contribution in [2.24, 2.45) is 12.8 Å². The first kappa shape index (κ1) is 13.3. The number of aryl methyl sites for hydroxylation is 1. The van der Waals surface area contributed by atoms with Crippen LogP contribution in [0.1, 0.15) is 5.56 Å². The number of hydrogen-bond donors (Lipinski definition) is 1. The van der Waals surface area contributed by atoms with Crippen LogP contribution in [0.15, 0.2) is 24.5 Å². The molecular weight excluding hydrogens is 183 g/mol. The van der Waals surface area contributed by atoms with Gasteiger partial charge in [0.15, 0.2) is 12.4 Å². The van der Waals surface area contributed by atoms with Crippen LogP contribution >= 0.6 is 12.4 Å². The van der Waals surface area contributed by atoms with Crippen LogP contribution in [0.5, 0.6) is 0 Å². The highest BCUT2D eigenvalue weighted by molar-refractivity contribution is 5.85. The van der Waals surface area contributed by atoms with E-state index in [2.05, 4.69) is 0 Å². The molecule has 0 spiro atoms. The van der Waals surface area contributed by atoms with Crippen molar-refractivity contribution in [1.82, 2.24) is 0 Å². The van der Waals surface area contributed by atoms with Crippen LogP contribution in [0, 0.1) is 0 Å². The minimum Gasteiger partial charge on any atom is -1.00 e. The molecule has 64 valence electrons. The number of hydrogen-bond acceptors (Lipinski definition) is 1. The van der Waals surface area contributed by atoms with Gasteiger partial charge >= 0.3 is 0 Å². The number of aromatic nitrogens is 1. The average Bonchev–Trinajstić information content (AvgIpc) is 1.88. The Morgan fingerprint density at radius 3 is 2.55 bits per heavy atom. The molecule has 2 nitrogen and oxygen atoms in total. The van der Waals surface area contributed by atoms with Crippen molar-refractivity contribution < 1.29 is 17.0 Å². The molecular formula is C7H12Cl2N2. The van der Waals surface area contributed by atoms with E-state index in [1.807, 2.05) is 36.1 Å². The highest BCUT2D eigenvalue weighted by atomic mass is 35.5. The quantitative estimate of drug-likeness (QED) is 0.489. The van der Waals surface area contributed by atoms with Crippen LogP contribution in [0.4, 0.5) is 0 Å². The van der Waals surface area contributed by atoms with Gasteiger partial charge in [-0.1, -0.05) is 0 Å². The van der Waals surface area contributed by atoms with Crippen molar-refractivity contribution in [3.05, 3.63) is 30.1 Å². The number of nitrogens with zero attached hydrogens (tertiary/aromatic N) is 1. The van der Waals surface area contributed by atoms with Gasteiger partial charge in [-0.3, -0.25) is 0 Å². The highest BCUT2D eigenvalue weighted by Crippen LogP contribution is 1.89. The summed E-state index contributed by atoms with van der Waals surface area (Å²) in [5.41, 5.74) is 6.57.